The van der Waals surface area contributed by atoms with Gasteiger partial charge in [0.1, 0.15) is 66.1 Å². The van der Waals surface area contributed by atoms with E-state index in [1.165, 1.54) is 42.5 Å². The number of ether oxygens (including phenoxy) is 5. The molecule has 4 rings (SSSR count). The molecule has 0 bridgehead atoms. The molecule has 14 heteroatoms. The van der Waals surface area contributed by atoms with Crippen LogP contribution in [0.2, 0.25) is 0 Å². The van der Waals surface area contributed by atoms with Gasteiger partial charge in [-0.25, -0.2) is 0 Å². The Kier molecular flexibility index (Phi) is 8.89. The fraction of sp³-hybridized carbons (Fsp3) is 0.500. The third-order valence-corrected chi connectivity index (χ3v) is 6.18. The molecule has 0 aromatic heterocycles. The number of benzene rings is 2. The number of aliphatic hydroxyl groups is 8. The lowest BCUT2D eigenvalue weighted by Crippen LogP contribution is -2.60. The van der Waals surface area contributed by atoms with E-state index in [4.69, 9.17) is 23.7 Å². The summed E-state index contributed by atoms with van der Waals surface area (Å²) in [5, 5.41) is 88.6. The molecule has 2 fully saturated rings. The van der Waals surface area contributed by atoms with Gasteiger partial charge < -0.3 is 69.6 Å². The summed E-state index contributed by atoms with van der Waals surface area (Å²) in [6.45, 7) is -1.21. The van der Waals surface area contributed by atoms with E-state index in [1.807, 2.05) is 0 Å². The Morgan fingerprint density at radius 3 is 1.50 bits per heavy atom. The van der Waals surface area contributed by atoms with Crippen LogP contribution in [0, 0.1) is 0 Å². The molecule has 0 saturated carbocycles. The molecule has 2 heterocycles. The molecule has 9 N–H and O–H groups in total. The summed E-state index contributed by atoms with van der Waals surface area (Å²) in [4.78, 5) is 0. The molecule has 210 valence electrons. The highest BCUT2D eigenvalue weighted by atomic mass is 16.7. The van der Waals surface area contributed by atoms with Crippen LogP contribution in [0.1, 0.15) is 0 Å². The number of aliphatic hydroxyl groups excluding tert-OH is 8. The topological polar surface area (TPSA) is 228 Å². The van der Waals surface area contributed by atoms with E-state index >= 15 is 0 Å². The molecule has 2 aromatic rings. The minimum atomic E-state index is -1.62. The van der Waals surface area contributed by atoms with Gasteiger partial charge in [0.25, 0.3) is 0 Å². The standard InChI is InChI=1S/C24H30O14/c25-8-15-17(28)19(30)21(32)23(37-15)35-11-3-1-10(2-4-11)34-14-6-5-12(7-13(14)27)36-24-22(33)20(31)18(29)16(9-26)38-24/h1-7,15-33H,8-9H2. The molecule has 10 unspecified atom stereocenters. The van der Waals surface area contributed by atoms with E-state index in [0.29, 0.717) is 0 Å². The van der Waals surface area contributed by atoms with Gasteiger partial charge in [-0.05, 0) is 36.4 Å². The minimum Gasteiger partial charge on any atom is -0.504 e. The SMILES string of the molecule is OCC1OC(Oc2ccc(Oc3ccc(OC4OC(CO)C(O)C(O)C4O)cc3O)cc2)C(O)C(O)C1O. The Bertz CT molecular complexity index is 1050. The van der Waals surface area contributed by atoms with Crippen LogP contribution in [-0.2, 0) is 9.47 Å². The van der Waals surface area contributed by atoms with Crippen molar-refractivity contribution in [2.45, 2.75) is 61.4 Å². The lowest BCUT2D eigenvalue weighted by molar-refractivity contribution is -0.277. The predicted molar refractivity (Wildman–Crippen MR) is 123 cm³/mol. The summed E-state index contributed by atoms with van der Waals surface area (Å²) in [6, 6.07) is 9.83. The Balaban J connectivity index is 1.37. The predicted octanol–water partition coefficient (Wildman–Crippen LogP) is -2.46. The van der Waals surface area contributed by atoms with Crippen LogP contribution in [0.25, 0.3) is 0 Å². The second-order valence-corrected chi connectivity index (χ2v) is 8.83. The van der Waals surface area contributed by atoms with Gasteiger partial charge in [-0.2, -0.15) is 0 Å². The van der Waals surface area contributed by atoms with E-state index in [1.54, 1.807) is 0 Å². The Hall–Kier alpha value is -2.76. The Labute approximate surface area is 216 Å². The molecule has 10 atom stereocenters. The zero-order valence-electron chi connectivity index (χ0n) is 19.8. The van der Waals surface area contributed by atoms with Crippen molar-refractivity contribution in [1.82, 2.24) is 0 Å². The molecule has 14 nitrogen and oxygen atoms in total. The lowest BCUT2D eigenvalue weighted by atomic mass is 9.99. The third-order valence-electron chi connectivity index (χ3n) is 6.18. The molecule has 0 amide bonds. The normalized spacial score (nSPS) is 35.5. The average molecular weight is 542 g/mol. The van der Waals surface area contributed by atoms with Gasteiger partial charge in [0, 0.05) is 6.07 Å². The van der Waals surface area contributed by atoms with Gasteiger partial charge in [-0.3, -0.25) is 0 Å². The molecule has 2 aromatic carbocycles. The monoisotopic (exact) mass is 542 g/mol. The number of aromatic hydroxyl groups is 1. The van der Waals surface area contributed by atoms with Crippen molar-refractivity contribution in [2.75, 3.05) is 13.2 Å². The van der Waals surface area contributed by atoms with Crippen LogP contribution < -0.4 is 14.2 Å². The first-order valence-corrected chi connectivity index (χ1v) is 11.7. The van der Waals surface area contributed by atoms with Gasteiger partial charge >= 0.3 is 0 Å². The van der Waals surface area contributed by atoms with Crippen LogP contribution in [-0.4, -0.2) is 121 Å². The zero-order chi connectivity index (χ0) is 27.6. The van der Waals surface area contributed by atoms with Crippen LogP contribution in [0.3, 0.4) is 0 Å². The van der Waals surface area contributed by atoms with Crippen LogP contribution in [0.15, 0.2) is 42.5 Å². The third kappa shape index (κ3) is 5.94. The number of hydrogen-bond acceptors (Lipinski definition) is 14. The first-order valence-electron chi connectivity index (χ1n) is 11.7. The Morgan fingerprint density at radius 1 is 0.579 bits per heavy atom. The average Bonchev–Trinajstić information content (AvgIpc) is 2.91. The summed E-state index contributed by atoms with van der Waals surface area (Å²) >= 11 is 0. The molecular weight excluding hydrogens is 512 g/mol. The van der Waals surface area contributed by atoms with Crippen LogP contribution in [0.5, 0.6) is 28.7 Å². The van der Waals surface area contributed by atoms with E-state index in [9.17, 15) is 46.0 Å². The van der Waals surface area contributed by atoms with E-state index in [2.05, 4.69) is 0 Å². The summed E-state index contributed by atoms with van der Waals surface area (Å²) in [5.74, 6) is 0.239. The van der Waals surface area contributed by atoms with E-state index in [-0.39, 0.29) is 28.7 Å². The zero-order valence-corrected chi connectivity index (χ0v) is 19.8. The minimum absolute atomic E-state index is 0.0359. The lowest BCUT2D eigenvalue weighted by Gasteiger charge is -2.39. The second kappa shape index (κ2) is 12.0. The quantitative estimate of drug-likeness (QED) is 0.169. The number of phenols is 1. The van der Waals surface area contributed by atoms with Crippen LogP contribution in [0.4, 0.5) is 0 Å². The first kappa shape index (κ1) is 28.3. The maximum atomic E-state index is 10.4. The van der Waals surface area contributed by atoms with Gasteiger partial charge in [-0.1, -0.05) is 0 Å². The van der Waals surface area contributed by atoms with Gasteiger partial charge in [-0.15, -0.1) is 0 Å². The summed E-state index contributed by atoms with van der Waals surface area (Å²) in [5.41, 5.74) is 0. The number of hydrogen-bond donors (Lipinski definition) is 9. The van der Waals surface area contributed by atoms with Crippen molar-refractivity contribution in [3.63, 3.8) is 0 Å². The van der Waals surface area contributed by atoms with Gasteiger partial charge in [0.2, 0.25) is 12.6 Å². The molecule has 0 radical (unpaired) electrons. The van der Waals surface area contributed by atoms with E-state index < -0.39 is 74.6 Å². The summed E-state index contributed by atoms with van der Waals surface area (Å²) < 4.78 is 27.2. The largest absolute Gasteiger partial charge is 0.504 e. The molecule has 0 aliphatic carbocycles. The summed E-state index contributed by atoms with van der Waals surface area (Å²) in [6.07, 6.45) is -14.5. The van der Waals surface area contributed by atoms with E-state index in [0.717, 1.165) is 0 Å². The fourth-order valence-electron chi connectivity index (χ4n) is 3.97. The fourth-order valence-corrected chi connectivity index (χ4v) is 3.97. The van der Waals surface area contributed by atoms with Crippen molar-refractivity contribution in [2.24, 2.45) is 0 Å². The second-order valence-electron chi connectivity index (χ2n) is 8.83. The van der Waals surface area contributed by atoms with Crippen molar-refractivity contribution in [3.05, 3.63) is 42.5 Å². The summed E-state index contributed by atoms with van der Waals surface area (Å²) in [7, 11) is 0. The van der Waals surface area contributed by atoms with Gasteiger partial charge in [0.15, 0.2) is 11.5 Å². The van der Waals surface area contributed by atoms with Gasteiger partial charge in [0.05, 0.1) is 13.2 Å². The first-order chi connectivity index (χ1) is 18.1. The Morgan fingerprint density at radius 2 is 1.03 bits per heavy atom. The van der Waals surface area contributed by atoms with Crippen molar-refractivity contribution >= 4 is 0 Å². The highest BCUT2D eigenvalue weighted by molar-refractivity contribution is 5.47. The highest BCUT2D eigenvalue weighted by Crippen LogP contribution is 2.36. The van der Waals surface area contributed by atoms with Crippen LogP contribution >= 0.6 is 0 Å². The number of phenolic OH excluding ortho intramolecular Hbond substituents is 1. The molecule has 38 heavy (non-hydrogen) atoms. The van der Waals surface area contributed by atoms with Crippen molar-refractivity contribution in [3.8, 4) is 28.7 Å². The molecular formula is C24H30O14. The smallest absolute Gasteiger partial charge is 0.229 e. The molecule has 2 saturated heterocycles. The van der Waals surface area contributed by atoms with Crippen molar-refractivity contribution in [1.29, 1.82) is 0 Å². The highest BCUT2D eigenvalue weighted by Gasteiger charge is 2.45. The molecule has 2 aliphatic rings. The number of rotatable bonds is 8. The maximum absolute atomic E-state index is 10.4. The molecule has 0 spiro atoms. The molecule has 2 aliphatic heterocycles. The van der Waals surface area contributed by atoms with Crippen molar-refractivity contribution < 1.29 is 69.6 Å². The maximum Gasteiger partial charge on any atom is 0.229 e.